The predicted octanol–water partition coefficient (Wildman–Crippen LogP) is 5.26. The zero-order chi connectivity index (χ0) is 22.0. The van der Waals surface area contributed by atoms with E-state index in [0.29, 0.717) is 27.9 Å². The van der Waals surface area contributed by atoms with Crippen LogP contribution in [0.2, 0.25) is 5.02 Å². The number of hydrogen-bond donors (Lipinski definition) is 2. The van der Waals surface area contributed by atoms with E-state index in [1.807, 2.05) is 13.0 Å². The van der Waals surface area contributed by atoms with Gasteiger partial charge in [-0.05, 0) is 61.7 Å². The van der Waals surface area contributed by atoms with E-state index < -0.39 is 5.91 Å². The lowest BCUT2D eigenvalue weighted by Gasteiger charge is -2.23. The van der Waals surface area contributed by atoms with E-state index in [9.17, 15) is 14.0 Å². The maximum absolute atomic E-state index is 13.0. The number of urea groups is 1. The maximum Gasteiger partial charge on any atom is 0.322 e. The van der Waals surface area contributed by atoms with Crippen molar-refractivity contribution in [3.8, 4) is 0 Å². The maximum atomic E-state index is 13.0. The van der Waals surface area contributed by atoms with Crippen molar-refractivity contribution < 1.29 is 14.0 Å². The largest absolute Gasteiger partial charge is 0.322 e. The number of benzene rings is 2. The molecule has 1 aliphatic rings. The number of amides is 3. The second-order valence-corrected chi connectivity index (χ2v) is 8.57. The molecule has 0 spiro atoms. The van der Waals surface area contributed by atoms with Gasteiger partial charge >= 0.3 is 6.03 Å². The van der Waals surface area contributed by atoms with Crippen LogP contribution < -0.4 is 10.6 Å². The van der Waals surface area contributed by atoms with Crippen LogP contribution in [0.4, 0.5) is 20.6 Å². The number of anilines is 2. The van der Waals surface area contributed by atoms with E-state index in [2.05, 4.69) is 20.8 Å². The fraction of sp³-hybridized carbons (Fsp3) is 0.238. The lowest BCUT2D eigenvalue weighted by Crippen LogP contribution is -2.34. The van der Waals surface area contributed by atoms with Crippen molar-refractivity contribution >= 4 is 46.3 Å². The van der Waals surface area contributed by atoms with Gasteiger partial charge in [-0.25, -0.2) is 9.18 Å². The second kappa shape index (κ2) is 8.99. The van der Waals surface area contributed by atoms with Crippen LogP contribution in [0.3, 0.4) is 0 Å². The molecule has 0 unspecified atom stereocenters. The van der Waals surface area contributed by atoms with Gasteiger partial charge in [-0.15, -0.1) is 10.2 Å². The molecule has 2 N–H and O–H groups in total. The number of halogens is 2. The van der Waals surface area contributed by atoms with Crippen LogP contribution in [0.15, 0.2) is 42.5 Å². The third kappa shape index (κ3) is 4.83. The van der Waals surface area contributed by atoms with Crippen LogP contribution in [-0.2, 0) is 0 Å². The summed E-state index contributed by atoms with van der Waals surface area (Å²) in [5, 5.41) is 15.0. The number of rotatable bonds is 4. The van der Waals surface area contributed by atoms with Gasteiger partial charge in [0.25, 0.3) is 5.91 Å². The third-order valence-electron chi connectivity index (χ3n) is 4.96. The molecule has 3 aromatic rings. The van der Waals surface area contributed by atoms with Crippen LogP contribution in [0.5, 0.6) is 0 Å². The second-order valence-electron chi connectivity index (χ2n) is 7.15. The molecule has 31 heavy (non-hydrogen) atoms. The fourth-order valence-electron chi connectivity index (χ4n) is 3.31. The van der Waals surface area contributed by atoms with Crippen molar-refractivity contribution in [1.82, 2.24) is 15.1 Å². The van der Waals surface area contributed by atoms with Gasteiger partial charge < -0.3 is 15.5 Å². The summed E-state index contributed by atoms with van der Waals surface area (Å²) in [6.07, 6.45) is 1.56. The van der Waals surface area contributed by atoms with E-state index in [1.54, 1.807) is 17.0 Å². The molecule has 0 aliphatic carbocycles. The van der Waals surface area contributed by atoms with Gasteiger partial charge in [-0.2, -0.15) is 0 Å². The molecular weight excluding hydrogens is 441 g/mol. The summed E-state index contributed by atoms with van der Waals surface area (Å²) in [6.45, 7) is 2.47. The van der Waals surface area contributed by atoms with Gasteiger partial charge in [0.2, 0.25) is 5.01 Å². The number of carbonyl (C=O) groups excluding carboxylic acids is 2. The van der Waals surface area contributed by atoms with Gasteiger partial charge in [0.15, 0.2) is 0 Å². The zero-order valence-electron chi connectivity index (χ0n) is 16.6. The van der Waals surface area contributed by atoms with Crippen LogP contribution >= 0.6 is 22.9 Å². The molecule has 0 saturated carbocycles. The van der Waals surface area contributed by atoms with E-state index in [4.69, 9.17) is 11.6 Å². The lowest BCUT2D eigenvalue weighted by molar-refractivity contribution is 0.102. The third-order valence-corrected chi connectivity index (χ3v) is 6.39. The summed E-state index contributed by atoms with van der Waals surface area (Å²) in [7, 11) is 0. The highest BCUT2D eigenvalue weighted by atomic mass is 35.5. The minimum absolute atomic E-state index is 0.178. The van der Waals surface area contributed by atoms with Crippen LogP contribution in [0, 0.1) is 12.7 Å². The van der Waals surface area contributed by atoms with Gasteiger partial charge in [0, 0.05) is 22.9 Å². The number of hydrogen-bond acceptors (Lipinski definition) is 5. The SMILES string of the molecule is Cc1ccc(NC(=O)N2CCC[C@H]2c2nnc(C(=O)Nc3ccc(F)cc3)s2)cc1Cl. The van der Waals surface area contributed by atoms with Crippen molar-refractivity contribution in [3.05, 3.63) is 68.9 Å². The van der Waals surface area contributed by atoms with E-state index in [0.717, 1.165) is 29.7 Å². The number of aromatic nitrogens is 2. The standard InChI is InChI=1S/C21H19ClFN5O2S/c1-12-4-7-15(11-16(12)22)25-21(30)28-10-2-3-17(28)19-26-27-20(31-19)18(29)24-14-8-5-13(23)6-9-14/h4-9,11,17H,2-3,10H2,1H3,(H,24,29)(H,25,30)/t17-/m0/s1. The molecule has 0 bridgehead atoms. The Bertz CT molecular complexity index is 1120. The predicted molar refractivity (Wildman–Crippen MR) is 118 cm³/mol. The normalized spacial score (nSPS) is 15.7. The van der Waals surface area contributed by atoms with Crippen LogP contribution in [-0.4, -0.2) is 33.6 Å². The van der Waals surface area contributed by atoms with Crippen molar-refractivity contribution in [3.63, 3.8) is 0 Å². The topological polar surface area (TPSA) is 87.2 Å². The Morgan fingerprint density at radius 3 is 2.61 bits per heavy atom. The van der Waals surface area contributed by atoms with E-state index >= 15 is 0 Å². The summed E-state index contributed by atoms with van der Waals surface area (Å²) in [5.74, 6) is -0.817. The molecule has 0 radical (unpaired) electrons. The Balaban J connectivity index is 1.44. The number of nitrogens with one attached hydrogen (secondary N) is 2. The Kier molecular flexibility index (Phi) is 6.15. The summed E-state index contributed by atoms with van der Waals surface area (Å²) >= 11 is 7.28. The fourth-order valence-corrected chi connectivity index (χ4v) is 4.38. The van der Waals surface area contributed by atoms with Crippen molar-refractivity contribution in [2.24, 2.45) is 0 Å². The zero-order valence-corrected chi connectivity index (χ0v) is 18.1. The summed E-state index contributed by atoms with van der Waals surface area (Å²) in [6, 6.07) is 10.3. The number of likely N-dealkylation sites (tertiary alicyclic amines) is 1. The molecule has 1 aromatic heterocycles. The van der Waals surface area contributed by atoms with Crippen molar-refractivity contribution in [1.29, 1.82) is 0 Å². The van der Waals surface area contributed by atoms with Gasteiger partial charge in [-0.1, -0.05) is 29.0 Å². The highest BCUT2D eigenvalue weighted by Crippen LogP contribution is 2.34. The Hall–Kier alpha value is -3.04. The smallest absolute Gasteiger partial charge is 0.320 e. The quantitative estimate of drug-likeness (QED) is 0.557. The lowest BCUT2D eigenvalue weighted by atomic mass is 10.2. The Labute approximate surface area is 187 Å². The monoisotopic (exact) mass is 459 g/mol. The van der Waals surface area contributed by atoms with Gasteiger partial charge in [0.05, 0.1) is 6.04 Å². The van der Waals surface area contributed by atoms with Crippen LogP contribution in [0.1, 0.15) is 39.3 Å². The Morgan fingerprint density at radius 1 is 1.13 bits per heavy atom. The molecule has 1 saturated heterocycles. The van der Waals surface area contributed by atoms with E-state index in [-0.39, 0.29) is 22.9 Å². The first kappa shape index (κ1) is 21.2. The van der Waals surface area contributed by atoms with Crippen molar-refractivity contribution in [2.45, 2.75) is 25.8 Å². The highest BCUT2D eigenvalue weighted by Gasteiger charge is 2.33. The van der Waals surface area contributed by atoms with Gasteiger partial charge in [0.1, 0.15) is 10.8 Å². The summed E-state index contributed by atoms with van der Waals surface area (Å²) in [4.78, 5) is 27.0. The first-order valence-corrected chi connectivity index (χ1v) is 10.8. The first-order valence-electron chi connectivity index (χ1n) is 9.65. The molecule has 1 aliphatic heterocycles. The molecule has 2 aromatic carbocycles. The minimum atomic E-state index is -0.432. The molecule has 160 valence electrons. The highest BCUT2D eigenvalue weighted by molar-refractivity contribution is 7.13. The molecular formula is C21H19ClFN5O2S. The summed E-state index contributed by atoms with van der Waals surface area (Å²) in [5.41, 5.74) is 2.00. The average Bonchev–Trinajstić information content (AvgIpc) is 3.42. The van der Waals surface area contributed by atoms with E-state index in [1.165, 1.54) is 24.3 Å². The number of aryl methyl sites for hydroxylation is 1. The van der Waals surface area contributed by atoms with Crippen LogP contribution in [0.25, 0.3) is 0 Å². The molecule has 4 rings (SSSR count). The average molecular weight is 460 g/mol. The summed E-state index contributed by atoms with van der Waals surface area (Å²) < 4.78 is 13.0. The molecule has 1 atom stereocenters. The van der Waals surface area contributed by atoms with Gasteiger partial charge in [-0.3, -0.25) is 4.79 Å². The van der Waals surface area contributed by atoms with Crippen molar-refractivity contribution in [2.75, 3.05) is 17.2 Å². The Morgan fingerprint density at radius 2 is 1.87 bits per heavy atom. The molecule has 2 heterocycles. The molecule has 3 amide bonds. The number of carbonyl (C=O) groups is 2. The molecule has 10 heteroatoms. The number of nitrogens with zero attached hydrogens (tertiary/aromatic N) is 3. The first-order chi connectivity index (χ1) is 14.9. The molecule has 1 fully saturated rings. The minimum Gasteiger partial charge on any atom is -0.320 e. The molecule has 7 nitrogen and oxygen atoms in total.